The van der Waals surface area contributed by atoms with Crippen molar-refractivity contribution in [2.45, 2.75) is 5.75 Å². The van der Waals surface area contributed by atoms with Crippen LogP contribution >= 0.6 is 35.0 Å². The molecule has 0 aliphatic rings. The van der Waals surface area contributed by atoms with E-state index in [-0.39, 0.29) is 11.9 Å². The van der Waals surface area contributed by atoms with Crippen molar-refractivity contribution >= 4 is 52.5 Å². The number of carbonyl (C=O) groups is 2. The van der Waals surface area contributed by atoms with E-state index in [1.165, 1.54) is 24.9 Å². The number of rotatable bonds is 6. The maximum Gasteiger partial charge on any atom is 0.315 e. The summed E-state index contributed by atoms with van der Waals surface area (Å²) in [5.41, 5.74) is 2.16. The molecule has 2 aromatic carbocycles. The van der Waals surface area contributed by atoms with Crippen LogP contribution in [0.15, 0.2) is 42.5 Å². The Bertz CT molecular complexity index is 735. The molecule has 0 bridgehead atoms. The van der Waals surface area contributed by atoms with Crippen LogP contribution in [0.1, 0.15) is 15.9 Å². The van der Waals surface area contributed by atoms with Crippen LogP contribution in [0.5, 0.6) is 0 Å². The summed E-state index contributed by atoms with van der Waals surface area (Å²) in [7, 11) is 1.37. The third kappa shape index (κ3) is 5.44. The van der Waals surface area contributed by atoms with Gasteiger partial charge in [-0.1, -0.05) is 35.3 Å². The van der Waals surface area contributed by atoms with Gasteiger partial charge >= 0.3 is 5.97 Å². The molecule has 0 saturated heterocycles. The Hall–Kier alpha value is -1.69. The lowest BCUT2D eigenvalue weighted by atomic mass is 10.2. The van der Waals surface area contributed by atoms with Gasteiger partial charge in [0.2, 0.25) is 0 Å². The highest BCUT2D eigenvalue weighted by molar-refractivity contribution is 7.99. The van der Waals surface area contributed by atoms with Crippen LogP contribution in [-0.2, 0) is 15.3 Å². The molecule has 2 aromatic rings. The molecule has 0 heterocycles. The highest BCUT2D eigenvalue weighted by Crippen LogP contribution is 2.23. The SMILES string of the molecule is COC(=O)CSCc1ccc(NC(=O)c2ccc(Cl)c(Cl)c2)cc1. The van der Waals surface area contributed by atoms with Crippen molar-refractivity contribution in [1.82, 2.24) is 0 Å². The zero-order valence-corrected chi connectivity index (χ0v) is 15.2. The average molecular weight is 384 g/mol. The molecule has 2 rings (SSSR count). The minimum atomic E-state index is -0.263. The summed E-state index contributed by atoms with van der Waals surface area (Å²) < 4.78 is 4.58. The summed E-state index contributed by atoms with van der Waals surface area (Å²) in [6.07, 6.45) is 0. The Balaban J connectivity index is 1.92. The van der Waals surface area contributed by atoms with Gasteiger partial charge in [-0.25, -0.2) is 0 Å². The number of hydrogen-bond acceptors (Lipinski definition) is 4. The van der Waals surface area contributed by atoms with Gasteiger partial charge in [0.05, 0.1) is 22.9 Å². The maximum absolute atomic E-state index is 12.2. The van der Waals surface area contributed by atoms with Crippen molar-refractivity contribution in [2.24, 2.45) is 0 Å². The van der Waals surface area contributed by atoms with E-state index in [9.17, 15) is 9.59 Å². The molecule has 24 heavy (non-hydrogen) atoms. The van der Waals surface area contributed by atoms with Gasteiger partial charge < -0.3 is 10.1 Å². The molecule has 0 atom stereocenters. The highest BCUT2D eigenvalue weighted by Gasteiger charge is 2.08. The quantitative estimate of drug-likeness (QED) is 0.737. The first-order valence-corrected chi connectivity index (χ1v) is 8.90. The maximum atomic E-state index is 12.2. The summed E-state index contributed by atoms with van der Waals surface area (Å²) in [5.74, 6) is 0.495. The monoisotopic (exact) mass is 383 g/mol. The van der Waals surface area contributed by atoms with E-state index in [1.807, 2.05) is 24.3 Å². The molecule has 0 unspecified atom stereocenters. The predicted octanol–water partition coefficient (Wildman–Crippen LogP) is 4.65. The molecule has 0 saturated carbocycles. The minimum absolute atomic E-state index is 0.245. The number of halogens is 2. The minimum Gasteiger partial charge on any atom is -0.468 e. The Morgan fingerprint density at radius 1 is 1.08 bits per heavy atom. The molecule has 0 aliphatic heterocycles. The van der Waals surface area contributed by atoms with Gasteiger partial charge in [-0.15, -0.1) is 11.8 Å². The van der Waals surface area contributed by atoms with E-state index < -0.39 is 0 Å². The van der Waals surface area contributed by atoms with Gasteiger partial charge in [0.1, 0.15) is 0 Å². The topological polar surface area (TPSA) is 55.4 Å². The number of benzene rings is 2. The van der Waals surface area contributed by atoms with E-state index in [2.05, 4.69) is 10.1 Å². The third-order valence-corrected chi connectivity index (χ3v) is 4.83. The van der Waals surface area contributed by atoms with Crippen molar-refractivity contribution in [1.29, 1.82) is 0 Å². The van der Waals surface area contributed by atoms with Crippen LogP contribution < -0.4 is 5.32 Å². The van der Waals surface area contributed by atoms with Gasteiger partial charge in [0, 0.05) is 17.0 Å². The van der Waals surface area contributed by atoms with E-state index in [0.717, 1.165) is 5.56 Å². The number of hydrogen-bond donors (Lipinski definition) is 1. The number of carbonyl (C=O) groups excluding carboxylic acids is 2. The van der Waals surface area contributed by atoms with Crippen LogP contribution in [0.4, 0.5) is 5.69 Å². The molecule has 0 aliphatic carbocycles. The van der Waals surface area contributed by atoms with Crippen LogP contribution in [0, 0.1) is 0 Å². The van der Waals surface area contributed by atoms with Gasteiger partial charge in [0.25, 0.3) is 5.91 Å². The van der Waals surface area contributed by atoms with Crippen LogP contribution in [0.25, 0.3) is 0 Å². The molecular weight excluding hydrogens is 369 g/mol. The van der Waals surface area contributed by atoms with Crippen molar-refractivity contribution in [3.8, 4) is 0 Å². The summed E-state index contributed by atoms with van der Waals surface area (Å²) in [5, 5.41) is 3.53. The van der Waals surface area contributed by atoms with Crippen LogP contribution in [0.3, 0.4) is 0 Å². The number of amides is 1. The van der Waals surface area contributed by atoms with E-state index >= 15 is 0 Å². The Morgan fingerprint density at radius 3 is 2.42 bits per heavy atom. The van der Waals surface area contributed by atoms with E-state index in [1.54, 1.807) is 12.1 Å². The number of anilines is 1. The molecule has 7 heteroatoms. The second kappa shape index (κ2) is 8.97. The van der Waals surface area contributed by atoms with Crippen molar-refractivity contribution in [3.63, 3.8) is 0 Å². The smallest absolute Gasteiger partial charge is 0.315 e. The number of thioether (sulfide) groups is 1. The summed E-state index contributed by atoms with van der Waals surface area (Å²) in [6, 6.07) is 12.1. The predicted molar refractivity (Wildman–Crippen MR) is 99.0 cm³/mol. The lowest BCUT2D eigenvalue weighted by molar-refractivity contribution is -0.137. The summed E-state index contributed by atoms with van der Waals surface area (Å²) >= 11 is 13.2. The molecule has 1 N–H and O–H groups in total. The fourth-order valence-corrected chi connectivity index (χ4v) is 2.95. The van der Waals surface area contributed by atoms with Gasteiger partial charge in [-0.2, -0.15) is 0 Å². The van der Waals surface area contributed by atoms with Crippen molar-refractivity contribution < 1.29 is 14.3 Å². The molecule has 126 valence electrons. The average Bonchev–Trinajstić information content (AvgIpc) is 2.58. The highest BCUT2D eigenvalue weighted by atomic mass is 35.5. The Kier molecular flexibility index (Phi) is 6.97. The van der Waals surface area contributed by atoms with Crippen LogP contribution in [0.2, 0.25) is 10.0 Å². The standard InChI is InChI=1S/C17H15Cl2NO3S/c1-23-16(21)10-24-9-11-2-5-13(6-3-11)20-17(22)12-4-7-14(18)15(19)8-12/h2-8H,9-10H2,1H3,(H,20,22). The summed E-state index contributed by atoms with van der Waals surface area (Å²) in [4.78, 5) is 23.2. The zero-order chi connectivity index (χ0) is 17.5. The molecule has 0 fully saturated rings. The van der Waals surface area contributed by atoms with Crippen LogP contribution in [-0.4, -0.2) is 24.7 Å². The number of ether oxygens (including phenoxy) is 1. The second-order valence-electron chi connectivity index (χ2n) is 4.85. The first-order valence-electron chi connectivity index (χ1n) is 6.99. The largest absolute Gasteiger partial charge is 0.468 e. The number of nitrogens with one attached hydrogen (secondary N) is 1. The molecule has 4 nitrogen and oxygen atoms in total. The molecule has 0 radical (unpaired) electrons. The fraction of sp³-hybridized carbons (Fsp3) is 0.176. The first-order chi connectivity index (χ1) is 11.5. The molecule has 0 aromatic heterocycles. The zero-order valence-electron chi connectivity index (χ0n) is 12.8. The second-order valence-corrected chi connectivity index (χ2v) is 6.65. The first kappa shape index (κ1) is 18.6. The normalized spacial score (nSPS) is 10.3. The van der Waals surface area contributed by atoms with Gasteiger partial charge in [0.15, 0.2) is 0 Å². The van der Waals surface area contributed by atoms with Crippen molar-refractivity contribution in [3.05, 3.63) is 63.6 Å². The van der Waals surface area contributed by atoms with Crippen molar-refractivity contribution in [2.75, 3.05) is 18.2 Å². The summed E-state index contributed by atoms with van der Waals surface area (Å²) in [6.45, 7) is 0. The number of methoxy groups -OCH3 is 1. The molecule has 1 amide bonds. The molecular formula is C17H15Cl2NO3S. The van der Waals surface area contributed by atoms with E-state index in [4.69, 9.17) is 23.2 Å². The Labute approximate surface area is 154 Å². The van der Waals surface area contributed by atoms with Gasteiger partial charge in [-0.05, 0) is 35.9 Å². The molecule has 0 spiro atoms. The third-order valence-electron chi connectivity index (χ3n) is 3.11. The van der Waals surface area contributed by atoms with Gasteiger partial charge in [-0.3, -0.25) is 9.59 Å². The number of esters is 1. The lowest BCUT2D eigenvalue weighted by Crippen LogP contribution is -2.11. The fourth-order valence-electron chi connectivity index (χ4n) is 1.84. The van der Waals surface area contributed by atoms with E-state index in [0.29, 0.717) is 32.8 Å². The lowest BCUT2D eigenvalue weighted by Gasteiger charge is -2.07. The Morgan fingerprint density at radius 2 is 1.79 bits per heavy atom.